The second kappa shape index (κ2) is 4.17. The van der Waals surface area contributed by atoms with Crippen molar-refractivity contribution in [3.63, 3.8) is 0 Å². The average Bonchev–Trinajstić information content (AvgIpc) is 1.95. The second-order valence-corrected chi connectivity index (χ2v) is 7.28. The molecule has 0 saturated heterocycles. The molecule has 0 N–H and O–H groups in total. The molecule has 0 unspecified atom stereocenters. The van der Waals surface area contributed by atoms with E-state index >= 15 is 0 Å². The lowest BCUT2D eigenvalue weighted by Crippen LogP contribution is -1.94. The summed E-state index contributed by atoms with van der Waals surface area (Å²) in [7, 11) is 0. The molecule has 0 bridgehead atoms. The van der Waals surface area contributed by atoms with Crippen LogP contribution >= 0.6 is 6.89 Å². The van der Waals surface area contributed by atoms with Gasteiger partial charge in [0.25, 0.3) is 0 Å². The lowest BCUT2D eigenvalue weighted by atomic mass is 10.9. The molecule has 56 valence electrons. The Bertz CT molecular complexity index is 94.7. The Labute approximate surface area is 59.6 Å². The predicted octanol–water partition coefficient (Wildman–Crippen LogP) is 2.89. The molecule has 0 aromatic heterocycles. The zero-order valence-electron chi connectivity index (χ0n) is 7.15. The monoisotopic (exact) mass is 146 g/mol. The molecule has 0 spiro atoms. The van der Waals surface area contributed by atoms with Crippen molar-refractivity contribution in [2.24, 2.45) is 0 Å². The quantitative estimate of drug-likeness (QED) is 0.537. The molecule has 0 saturated carbocycles. The van der Waals surface area contributed by atoms with E-state index in [-0.39, 0.29) is 0 Å². The van der Waals surface area contributed by atoms with Gasteiger partial charge in [0, 0.05) is 0 Å². The van der Waals surface area contributed by atoms with E-state index < -0.39 is 6.89 Å². The Balaban J connectivity index is 4.20. The third kappa shape index (κ3) is 2.18. The zero-order chi connectivity index (χ0) is 7.33. The van der Waals surface area contributed by atoms with Crippen LogP contribution in [0.5, 0.6) is 0 Å². The van der Waals surface area contributed by atoms with Gasteiger partial charge < -0.3 is 0 Å². The first kappa shape index (κ1) is 9.30. The molecule has 0 aromatic carbocycles. The molecule has 0 aliphatic heterocycles. The smallest absolute Gasteiger partial charge is 0.0359 e. The van der Waals surface area contributed by atoms with Crippen molar-refractivity contribution >= 4 is 12.7 Å². The van der Waals surface area contributed by atoms with Crippen LogP contribution in [0.3, 0.4) is 0 Å². The first-order valence-corrected chi connectivity index (χ1v) is 6.32. The molecule has 0 atom stereocenters. The standard InChI is InChI=1S/C8H19P/c1-5-9(6-2,7-3)8-4/h5H,6-8H2,1-4H3. The van der Waals surface area contributed by atoms with Crippen LogP contribution in [0.15, 0.2) is 0 Å². The van der Waals surface area contributed by atoms with E-state index in [1.54, 1.807) is 0 Å². The molecule has 0 aliphatic rings. The van der Waals surface area contributed by atoms with Crippen molar-refractivity contribution in [3.8, 4) is 0 Å². The van der Waals surface area contributed by atoms with Crippen molar-refractivity contribution in [3.05, 3.63) is 0 Å². The van der Waals surface area contributed by atoms with Gasteiger partial charge in [-0.05, 0) is 25.4 Å². The Morgan fingerprint density at radius 2 is 1.33 bits per heavy atom. The minimum absolute atomic E-state index is 0.545. The maximum atomic E-state index is 2.47. The van der Waals surface area contributed by atoms with Crippen LogP contribution in [0, 0.1) is 0 Å². The fraction of sp³-hybridized carbons (Fsp3) is 0.875. The van der Waals surface area contributed by atoms with E-state index in [1.807, 2.05) is 0 Å². The topological polar surface area (TPSA) is 0 Å². The van der Waals surface area contributed by atoms with Crippen LogP contribution in [0.2, 0.25) is 0 Å². The summed E-state index contributed by atoms with van der Waals surface area (Å²) in [5, 5.41) is 0. The Hall–Kier alpha value is 0.300. The molecular weight excluding hydrogens is 127 g/mol. The maximum absolute atomic E-state index is 2.47. The van der Waals surface area contributed by atoms with Crippen LogP contribution in [-0.2, 0) is 0 Å². The molecule has 9 heavy (non-hydrogen) atoms. The van der Waals surface area contributed by atoms with E-state index in [9.17, 15) is 0 Å². The summed E-state index contributed by atoms with van der Waals surface area (Å²) in [6.45, 7) is 8.64. The second-order valence-electron chi connectivity index (χ2n) is 2.43. The van der Waals surface area contributed by atoms with Gasteiger partial charge in [-0.15, -0.1) is 6.89 Å². The number of rotatable bonds is 3. The fourth-order valence-electron chi connectivity index (χ4n) is 1.22. The molecule has 0 fully saturated rings. The van der Waals surface area contributed by atoms with Crippen LogP contribution in [0.4, 0.5) is 0 Å². The van der Waals surface area contributed by atoms with Gasteiger partial charge in [-0.3, -0.25) is 0 Å². The van der Waals surface area contributed by atoms with Crippen molar-refractivity contribution in [1.82, 2.24) is 0 Å². The van der Waals surface area contributed by atoms with E-state index in [4.69, 9.17) is 0 Å². The largest absolute Gasteiger partial charge is 0.110 e. The van der Waals surface area contributed by atoms with Crippen molar-refractivity contribution in [2.75, 3.05) is 18.5 Å². The Morgan fingerprint density at radius 1 is 1.00 bits per heavy atom. The first-order chi connectivity index (χ1) is 4.24. The minimum Gasteiger partial charge on any atom is -0.110 e. The lowest BCUT2D eigenvalue weighted by molar-refractivity contribution is 1.34. The van der Waals surface area contributed by atoms with Crippen molar-refractivity contribution in [1.29, 1.82) is 0 Å². The van der Waals surface area contributed by atoms with Crippen molar-refractivity contribution in [2.45, 2.75) is 27.7 Å². The van der Waals surface area contributed by atoms with Gasteiger partial charge in [-0.2, -0.15) is 0 Å². The molecule has 0 aromatic rings. The molecule has 0 nitrogen and oxygen atoms in total. The normalized spacial score (nSPS) is 11.6. The Morgan fingerprint density at radius 3 is 1.33 bits per heavy atom. The number of hydrogen-bond donors (Lipinski definition) is 0. The van der Waals surface area contributed by atoms with Gasteiger partial charge in [0.1, 0.15) is 0 Å². The summed E-state index contributed by atoms with van der Waals surface area (Å²) in [6, 6.07) is 0. The maximum Gasteiger partial charge on any atom is -0.0359 e. The van der Waals surface area contributed by atoms with Crippen LogP contribution < -0.4 is 0 Å². The van der Waals surface area contributed by atoms with Gasteiger partial charge in [-0.1, -0.05) is 26.6 Å². The first-order valence-electron chi connectivity index (χ1n) is 3.91. The zero-order valence-corrected chi connectivity index (χ0v) is 8.04. The molecule has 0 rings (SSSR count). The fourth-order valence-corrected chi connectivity index (χ4v) is 3.66. The number of hydrogen-bond acceptors (Lipinski definition) is 0. The average molecular weight is 146 g/mol. The van der Waals surface area contributed by atoms with Gasteiger partial charge >= 0.3 is 0 Å². The summed E-state index contributed by atoms with van der Waals surface area (Å²) < 4.78 is 0. The summed E-state index contributed by atoms with van der Waals surface area (Å²) in [6.07, 6.45) is 4.20. The molecule has 1 heteroatoms. The van der Waals surface area contributed by atoms with Crippen LogP contribution in [-0.4, -0.2) is 24.3 Å². The lowest BCUT2D eigenvalue weighted by Gasteiger charge is -2.19. The third-order valence-corrected chi connectivity index (χ3v) is 7.31. The van der Waals surface area contributed by atoms with E-state index in [0.717, 1.165) is 0 Å². The highest BCUT2D eigenvalue weighted by Gasteiger charge is 2.05. The van der Waals surface area contributed by atoms with Crippen molar-refractivity contribution < 1.29 is 0 Å². The van der Waals surface area contributed by atoms with Crippen LogP contribution in [0.1, 0.15) is 27.7 Å². The highest BCUT2D eigenvalue weighted by molar-refractivity contribution is 7.74. The van der Waals surface area contributed by atoms with Crippen LogP contribution in [0.25, 0.3) is 0 Å². The molecule has 0 heterocycles. The summed E-state index contributed by atoms with van der Waals surface area (Å²) >= 11 is 0. The summed E-state index contributed by atoms with van der Waals surface area (Å²) in [5.74, 6) is 2.47. The highest BCUT2D eigenvalue weighted by atomic mass is 31.2. The van der Waals surface area contributed by atoms with E-state index in [2.05, 4.69) is 33.5 Å². The van der Waals surface area contributed by atoms with E-state index in [0.29, 0.717) is 0 Å². The summed E-state index contributed by atoms with van der Waals surface area (Å²) in [5.41, 5.74) is 0. The van der Waals surface area contributed by atoms with E-state index in [1.165, 1.54) is 18.5 Å². The molecule has 0 amide bonds. The molecule has 0 radical (unpaired) electrons. The SMILES string of the molecule is CC=P(CC)(CC)CC. The van der Waals surface area contributed by atoms with Gasteiger partial charge in [0.05, 0.1) is 0 Å². The minimum atomic E-state index is -0.545. The predicted molar refractivity (Wildman–Crippen MR) is 50.3 cm³/mol. The Kier molecular flexibility index (Phi) is 4.31. The third-order valence-electron chi connectivity index (χ3n) is 2.44. The van der Waals surface area contributed by atoms with Gasteiger partial charge in [0.2, 0.25) is 0 Å². The highest BCUT2D eigenvalue weighted by Crippen LogP contribution is 2.44. The molecule has 0 aliphatic carbocycles. The summed E-state index contributed by atoms with van der Waals surface area (Å²) in [4.78, 5) is 0. The van der Waals surface area contributed by atoms with Gasteiger partial charge in [0.15, 0.2) is 0 Å². The molecular formula is C8H19P. The van der Waals surface area contributed by atoms with Gasteiger partial charge in [-0.25, -0.2) is 0 Å².